The van der Waals surface area contributed by atoms with Gasteiger partial charge in [0.2, 0.25) is 8.07 Å². The first-order chi connectivity index (χ1) is 17.8. The Morgan fingerprint density at radius 3 is 1.42 bits per heavy atom. The van der Waals surface area contributed by atoms with Crippen LogP contribution in [0.4, 0.5) is 0 Å². The predicted molar refractivity (Wildman–Crippen MR) is 144 cm³/mol. The van der Waals surface area contributed by atoms with E-state index in [9.17, 15) is 0 Å². The third-order valence-electron chi connectivity index (χ3n) is 7.08. The van der Waals surface area contributed by atoms with Crippen molar-refractivity contribution >= 4 is 42.5 Å². The van der Waals surface area contributed by atoms with Crippen LogP contribution < -0.4 is 44.6 Å². The number of ether oxygens (including phenoxy) is 2. The molecule has 4 nitrogen and oxygen atoms in total. The fourth-order valence-corrected chi connectivity index (χ4v) is 12.5. The molecule has 0 aromatic heterocycles. The quantitative estimate of drug-likeness (QED) is 0.241. The highest BCUT2D eigenvalue weighted by Crippen LogP contribution is 2.47. The van der Waals surface area contributed by atoms with Gasteiger partial charge < -0.3 is 18.5 Å². The van der Waals surface area contributed by atoms with Gasteiger partial charge in [0, 0.05) is 10.4 Å². The first-order valence-corrected chi connectivity index (χ1v) is 15.0. The van der Waals surface area contributed by atoms with Gasteiger partial charge in [-0.05, 0) is 58.9 Å². The Labute approximate surface area is 210 Å². The van der Waals surface area contributed by atoms with E-state index >= 15 is 0 Å². The Bertz CT molecular complexity index is 1560. The smallest absolute Gasteiger partial charge is 0.326 e. The molecule has 0 amide bonds. The zero-order valence-electron chi connectivity index (χ0n) is 19.0. The van der Waals surface area contributed by atoms with Crippen molar-refractivity contribution in [1.82, 2.24) is 0 Å². The maximum atomic E-state index is 6.80. The summed E-state index contributed by atoms with van der Waals surface area (Å²) in [6, 6.07) is 39.1. The zero-order chi connectivity index (χ0) is 23.7. The van der Waals surface area contributed by atoms with Gasteiger partial charge in [-0.15, -0.1) is 0 Å². The maximum absolute atomic E-state index is 6.80. The average molecular weight is 503 g/mol. The molecule has 0 saturated heterocycles. The number of fused-ring (bicyclic) bond motifs is 2. The van der Waals surface area contributed by atoms with Crippen LogP contribution >= 0.6 is 8.38 Å². The largest absolute Gasteiger partial charge is 0.457 e. The highest BCUT2D eigenvalue weighted by atomic mass is 31.2. The minimum absolute atomic E-state index is 0.806. The highest BCUT2D eigenvalue weighted by molar-refractivity contribution is 7.56. The van der Waals surface area contributed by atoms with E-state index in [4.69, 9.17) is 18.5 Å². The fraction of sp³-hybridized carbons (Fsp3) is 0. The molecule has 0 radical (unpaired) electrons. The summed E-state index contributed by atoms with van der Waals surface area (Å²) in [4.78, 5) is 0. The second-order valence-electron chi connectivity index (χ2n) is 8.98. The van der Waals surface area contributed by atoms with E-state index in [0.29, 0.717) is 0 Å². The van der Waals surface area contributed by atoms with Crippen LogP contribution in [-0.4, -0.2) is 8.07 Å². The van der Waals surface area contributed by atoms with E-state index in [0.717, 1.165) is 50.2 Å². The molecule has 3 heterocycles. The summed E-state index contributed by atoms with van der Waals surface area (Å²) in [7, 11) is -4.37. The topological polar surface area (TPSA) is 36.9 Å². The lowest BCUT2D eigenvalue weighted by Crippen LogP contribution is -2.77. The summed E-state index contributed by atoms with van der Waals surface area (Å²) in [6.45, 7) is 0. The Kier molecular flexibility index (Phi) is 4.19. The number of benzene rings is 5. The normalized spacial score (nSPS) is 15.7. The molecule has 0 fully saturated rings. The lowest BCUT2D eigenvalue weighted by molar-refractivity contribution is 0.467. The second-order valence-corrected chi connectivity index (χ2v) is 14.0. The van der Waals surface area contributed by atoms with Crippen molar-refractivity contribution in [3.8, 4) is 34.5 Å². The van der Waals surface area contributed by atoms with Gasteiger partial charge in [0.1, 0.15) is 34.5 Å². The van der Waals surface area contributed by atoms with Gasteiger partial charge in [0.05, 0.1) is 5.30 Å². The lowest BCUT2D eigenvalue weighted by Gasteiger charge is -2.45. The highest BCUT2D eigenvalue weighted by Gasteiger charge is 2.57. The minimum Gasteiger partial charge on any atom is -0.457 e. The van der Waals surface area contributed by atoms with Crippen LogP contribution in [0.25, 0.3) is 0 Å². The molecule has 0 unspecified atom stereocenters. The molecule has 5 aromatic carbocycles. The van der Waals surface area contributed by atoms with E-state index < -0.39 is 16.4 Å². The predicted octanol–water partition coefficient (Wildman–Crippen LogP) is 4.68. The molecule has 5 aromatic rings. The fourth-order valence-electron chi connectivity index (χ4n) is 5.71. The number of para-hydroxylation sites is 2. The standard InChI is InChI=1S/C30H19O4PSi/c1-2-10-20(11-3-1)35-33-25-16-8-14-23-29(25)36(27-18-6-4-12-21(27)31-23)28-19-7-5-13-22(28)32-24-15-9-17-26(34-35)30(24)36/h1-19H. The number of hydrogen-bond acceptors (Lipinski definition) is 4. The van der Waals surface area contributed by atoms with Crippen LogP contribution in [0.15, 0.2) is 115 Å². The number of hydrogen-bond donors (Lipinski definition) is 0. The SMILES string of the molecule is c1ccc(P2Oc3cccc4c3[Si]3(c5ccccc5O4)c4ccccc4Oc4cccc(c43)O2)cc1. The molecule has 172 valence electrons. The van der Waals surface area contributed by atoms with Gasteiger partial charge in [0.15, 0.2) is 0 Å². The van der Waals surface area contributed by atoms with Crippen LogP contribution in [0, 0.1) is 0 Å². The van der Waals surface area contributed by atoms with Crippen molar-refractivity contribution in [2.24, 2.45) is 0 Å². The molecule has 3 aliphatic rings. The van der Waals surface area contributed by atoms with Crippen LogP contribution in [0.5, 0.6) is 34.5 Å². The van der Waals surface area contributed by atoms with Crippen LogP contribution in [0.2, 0.25) is 0 Å². The lowest BCUT2D eigenvalue weighted by atomic mass is 10.2. The van der Waals surface area contributed by atoms with Gasteiger partial charge in [-0.3, -0.25) is 0 Å². The van der Waals surface area contributed by atoms with Crippen LogP contribution in [0.1, 0.15) is 0 Å². The average Bonchev–Trinajstić information content (AvgIpc) is 2.92. The summed E-state index contributed by atoms with van der Waals surface area (Å²) < 4.78 is 26.7. The van der Waals surface area contributed by atoms with Gasteiger partial charge in [-0.2, -0.15) is 0 Å². The van der Waals surface area contributed by atoms with Gasteiger partial charge in [-0.1, -0.05) is 66.7 Å². The Morgan fingerprint density at radius 2 is 0.861 bits per heavy atom. The molecular formula is C30H19O4PSi. The second kappa shape index (κ2) is 7.47. The van der Waals surface area contributed by atoms with Gasteiger partial charge in [0.25, 0.3) is 0 Å². The minimum atomic E-state index is -2.93. The first-order valence-electron chi connectivity index (χ1n) is 11.9. The Morgan fingerprint density at radius 1 is 0.417 bits per heavy atom. The molecule has 1 spiro atoms. The molecular weight excluding hydrogens is 483 g/mol. The Balaban J connectivity index is 1.55. The third kappa shape index (κ3) is 2.62. The monoisotopic (exact) mass is 502 g/mol. The summed E-state index contributed by atoms with van der Waals surface area (Å²) in [6.07, 6.45) is 0. The van der Waals surface area contributed by atoms with Crippen molar-refractivity contribution in [2.45, 2.75) is 0 Å². The molecule has 8 rings (SSSR count). The Hall–Kier alpha value is -4.05. The summed E-state index contributed by atoms with van der Waals surface area (Å²) in [5.74, 6) is 5.02. The van der Waals surface area contributed by atoms with E-state index in [2.05, 4.69) is 72.8 Å². The molecule has 0 bridgehead atoms. The third-order valence-corrected chi connectivity index (χ3v) is 13.5. The molecule has 3 aliphatic heterocycles. The van der Waals surface area contributed by atoms with Crippen LogP contribution in [0.3, 0.4) is 0 Å². The zero-order valence-corrected chi connectivity index (χ0v) is 20.9. The number of rotatable bonds is 1. The molecule has 0 saturated carbocycles. The van der Waals surface area contributed by atoms with Gasteiger partial charge >= 0.3 is 8.38 Å². The molecule has 36 heavy (non-hydrogen) atoms. The van der Waals surface area contributed by atoms with Crippen molar-refractivity contribution in [1.29, 1.82) is 0 Å². The van der Waals surface area contributed by atoms with Crippen molar-refractivity contribution in [3.05, 3.63) is 115 Å². The molecule has 0 aliphatic carbocycles. The van der Waals surface area contributed by atoms with E-state index in [1.807, 2.05) is 42.5 Å². The van der Waals surface area contributed by atoms with E-state index in [1.54, 1.807) is 0 Å². The summed E-state index contributed by atoms with van der Waals surface area (Å²) >= 11 is 0. The molecule has 0 atom stereocenters. The molecule has 6 heteroatoms. The summed E-state index contributed by atoms with van der Waals surface area (Å²) in [5, 5.41) is 5.57. The van der Waals surface area contributed by atoms with Gasteiger partial charge in [-0.25, -0.2) is 0 Å². The summed E-state index contributed by atoms with van der Waals surface area (Å²) in [5.41, 5.74) is 0. The maximum Gasteiger partial charge on any atom is 0.326 e. The van der Waals surface area contributed by atoms with E-state index in [1.165, 1.54) is 10.4 Å². The molecule has 0 N–H and O–H groups in total. The van der Waals surface area contributed by atoms with Crippen molar-refractivity contribution < 1.29 is 18.5 Å². The van der Waals surface area contributed by atoms with Crippen LogP contribution in [-0.2, 0) is 0 Å². The van der Waals surface area contributed by atoms with Crippen molar-refractivity contribution in [2.75, 3.05) is 0 Å². The van der Waals surface area contributed by atoms with Crippen molar-refractivity contribution in [3.63, 3.8) is 0 Å². The first kappa shape index (κ1) is 20.2. The van der Waals surface area contributed by atoms with E-state index in [-0.39, 0.29) is 0 Å².